The Labute approximate surface area is 126 Å². The van der Waals surface area contributed by atoms with Crippen LogP contribution in [-0.2, 0) is 6.54 Å². The van der Waals surface area contributed by atoms with Crippen LogP contribution < -0.4 is 10.1 Å². The van der Waals surface area contributed by atoms with Crippen molar-refractivity contribution in [1.82, 2.24) is 15.1 Å². The van der Waals surface area contributed by atoms with E-state index in [4.69, 9.17) is 4.74 Å². The highest BCUT2D eigenvalue weighted by atomic mass is 16.5. The predicted octanol–water partition coefficient (Wildman–Crippen LogP) is 3.39. The zero-order valence-electron chi connectivity index (χ0n) is 13.0. The van der Waals surface area contributed by atoms with Crippen molar-refractivity contribution >= 4 is 0 Å². The van der Waals surface area contributed by atoms with Gasteiger partial charge in [-0.15, -0.1) is 0 Å². The zero-order valence-corrected chi connectivity index (χ0v) is 13.0. The van der Waals surface area contributed by atoms with Crippen molar-refractivity contribution < 1.29 is 4.74 Å². The molecule has 1 aromatic carbocycles. The summed E-state index contributed by atoms with van der Waals surface area (Å²) >= 11 is 0. The third-order valence-corrected chi connectivity index (χ3v) is 4.01. The molecular weight excluding hydrogens is 262 g/mol. The van der Waals surface area contributed by atoms with Gasteiger partial charge in [0, 0.05) is 42.4 Å². The van der Waals surface area contributed by atoms with Gasteiger partial charge in [0.2, 0.25) is 0 Å². The molecule has 21 heavy (non-hydrogen) atoms. The minimum atomic E-state index is 0.357. The number of para-hydroxylation sites is 1. The first-order valence-electron chi connectivity index (χ1n) is 7.64. The van der Waals surface area contributed by atoms with Gasteiger partial charge >= 0.3 is 0 Å². The number of nitrogens with one attached hydrogen (secondary N) is 1. The summed E-state index contributed by atoms with van der Waals surface area (Å²) < 4.78 is 7.81. The molecule has 4 heteroatoms. The van der Waals surface area contributed by atoms with Crippen molar-refractivity contribution in [2.75, 3.05) is 6.61 Å². The molecule has 0 fully saturated rings. The molecule has 1 N–H and O–H groups in total. The van der Waals surface area contributed by atoms with E-state index in [9.17, 15) is 0 Å². The second-order valence-electron chi connectivity index (χ2n) is 5.99. The summed E-state index contributed by atoms with van der Waals surface area (Å²) in [6, 6.07) is 7.14. The first-order chi connectivity index (χ1) is 10.1. The minimum Gasteiger partial charge on any atom is -0.493 e. The number of hydrogen-bond acceptors (Lipinski definition) is 3. The lowest BCUT2D eigenvalue weighted by Gasteiger charge is -2.27. The quantitative estimate of drug-likeness (QED) is 0.936. The van der Waals surface area contributed by atoms with Gasteiger partial charge in [-0.05, 0) is 26.3 Å². The molecule has 2 aromatic rings. The summed E-state index contributed by atoms with van der Waals surface area (Å²) in [7, 11) is 0. The lowest BCUT2D eigenvalue weighted by atomic mass is 9.98. The molecule has 0 aliphatic carbocycles. The Morgan fingerprint density at radius 1 is 1.43 bits per heavy atom. The molecule has 3 rings (SSSR count). The molecule has 0 unspecified atom stereocenters. The van der Waals surface area contributed by atoms with E-state index in [1.807, 2.05) is 10.9 Å². The molecule has 1 atom stereocenters. The van der Waals surface area contributed by atoms with Gasteiger partial charge < -0.3 is 10.1 Å². The molecule has 1 aromatic heterocycles. The van der Waals surface area contributed by atoms with Crippen LogP contribution in [0.4, 0.5) is 0 Å². The van der Waals surface area contributed by atoms with Crippen LogP contribution >= 0.6 is 0 Å². The second kappa shape index (κ2) is 5.90. The second-order valence-corrected chi connectivity index (χ2v) is 5.99. The van der Waals surface area contributed by atoms with Crippen LogP contribution in [0.5, 0.6) is 5.75 Å². The molecule has 112 valence electrons. The van der Waals surface area contributed by atoms with Crippen LogP contribution in [0.25, 0.3) is 0 Å². The number of aryl methyl sites for hydroxylation is 1. The number of fused-ring (bicyclic) bond motifs is 1. The van der Waals surface area contributed by atoms with Gasteiger partial charge in [0.25, 0.3) is 0 Å². The van der Waals surface area contributed by atoms with Crippen molar-refractivity contribution in [1.29, 1.82) is 0 Å². The summed E-state index contributed by atoms with van der Waals surface area (Å²) in [5.74, 6) is 1.05. The van der Waals surface area contributed by atoms with Crippen LogP contribution in [0.1, 0.15) is 49.0 Å². The van der Waals surface area contributed by atoms with E-state index in [1.165, 1.54) is 16.7 Å². The Kier molecular flexibility index (Phi) is 3.97. The van der Waals surface area contributed by atoms with Crippen molar-refractivity contribution in [3.05, 3.63) is 47.3 Å². The van der Waals surface area contributed by atoms with E-state index in [1.54, 1.807) is 0 Å². The molecule has 1 aliphatic rings. The topological polar surface area (TPSA) is 39.1 Å². The Morgan fingerprint density at radius 3 is 3.05 bits per heavy atom. The first-order valence-corrected chi connectivity index (χ1v) is 7.64. The Hall–Kier alpha value is -1.81. The maximum atomic E-state index is 5.82. The maximum Gasteiger partial charge on any atom is 0.126 e. The van der Waals surface area contributed by atoms with Gasteiger partial charge in [-0.2, -0.15) is 5.10 Å². The predicted molar refractivity (Wildman–Crippen MR) is 83.5 cm³/mol. The van der Waals surface area contributed by atoms with Crippen molar-refractivity contribution in [2.45, 2.75) is 45.8 Å². The van der Waals surface area contributed by atoms with E-state index in [0.717, 1.165) is 25.3 Å². The van der Waals surface area contributed by atoms with E-state index in [0.29, 0.717) is 12.1 Å². The normalized spacial score (nSPS) is 17.6. The van der Waals surface area contributed by atoms with E-state index >= 15 is 0 Å². The molecule has 0 amide bonds. The van der Waals surface area contributed by atoms with Gasteiger partial charge in [0.15, 0.2) is 0 Å². The van der Waals surface area contributed by atoms with Gasteiger partial charge in [0.05, 0.1) is 12.8 Å². The van der Waals surface area contributed by atoms with Gasteiger partial charge in [0.1, 0.15) is 5.75 Å². The highest BCUT2D eigenvalue weighted by molar-refractivity contribution is 5.43. The Balaban J connectivity index is 1.70. The lowest BCUT2D eigenvalue weighted by Crippen LogP contribution is -2.27. The molecule has 0 bridgehead atoms. The van der Waals surface area contributed by atoms with Crippen molar-refractivity contribution in [3.8, 4) is 5.75 Å². The highest BCUT2D eigenvalue weighted by Gasteiger charge is 2.22. The SMILES string of the molecule is Cc1cccc2c1OCC[C@@H]2NCc1cnn(C(C)C)c1. The van der Waals surface area contributed by atoms with Gasteiger partial charge in [-0.3, -0.25) is 4.68 Å². The average molecular weight is 285 g/mol. The van der Waals surface area contributed by atoms with Gasteiger partial charge in [-0.1, -0.05) is 18.2 Å². The summed E-state index contributed by atoms with van der Waals surface area (Å²) in [5, 5.41) is 8.03. The standard InChI is InChI=1S/C17H23N3O/c1-12(2)20-11-14(10-19-20)9-18-16-7-8-21-17-13(3)5-4-6-15(16)17/h4-6,10-12,16,18H,7-9H2,1-3H3/t16-/m0/s1. The number of ether oxygens (including phenoxy) is 1. The Bertz CT molecular complexity index is 618. The molecule has 1 aliphatic heterocycles. The van der Waals surface area contributed by atoms with E-state index in [-0.39, 0.29) is 0 Å². The molecule has 0 saturated heterocycles. The monoisotopic (exact) mass is 285 g/mol. The highest BCUT2D eigenvalue weighted by Crippen LogP contribution is 2.34. The van der Waals surface area contributed by atoms with Crippen molar-refractivity contribution in [3.63, 3.8) is 0 Å². The number of aromatic nitrogens is 2. The number of benzene rings is 1. The summed E-state index contributed by atoms with van der Waals surface area (Å²) in [4.78, 5) is 0. The summed E-state index contributed by atoms with van der Waals surface area (Å²) in [5.41, 5.74) is 3.72. The summed E-state index contributed by atoms with van der Waals surface area (Å²) in [6.45, 7) is 8.00. The molecular formula is C17H23N3O. The fraction of sp³-hybridized carbons (Fsp3) is 0.471. The van der Waals surface area contributed by atoms with Crippen LogP contribution in [0.3, 0.4) is 0 Å². The van der Waals surface area contributed by atoms with E-state index in [2.05, 4.69) is 55.6 Å². The molecule has 2 heterocycles. The van der Waals surface area contributed by atoms with Crippen LogP contribution in [-0.4, -0.2) is 16.4 Å². The zero-order chi connectivity index (χ0) is 14.8. The van der Waals surface area contributed by atoms with Crippen molar-refractivity contribution in [2.24, 2.45) is 0 Å². The van der Waals surface area contributed by atoms with Gasteiger partial charge in [-0.25, -0.2) is 0 Å². The lowest BCUT2D eigenvalue weighted by molar-refractivity contribution is 0.250. The molecule has 0 spiro atoms. The molecule has 0 saturated carbocycles. The molecule has 0 radical (unpaired) electrons. The fourth-order valence-electron chi connectivity index (χ4n) is 2.79. The largest absolute Gasteiger partial charge is 0.493 e. The third-order valence-electron chi connectivity index (χ3n) is 4.01. The molecule has 4 nitrogen and oxygen atoms in total. The number of nitrogens with zero attached hydrogens (tertiary/aromatic N) is 2. The minimum absolute atomic E-state index is 0.357. The number of hydrogen-bond donors (Lipinski definition) is 1. The van der Waals surface area contributed by atoms with Crippen LogP contribution in [0, 0.1) is 6.92 Å². The van der Waals surface area contributed by atoms with Crippen LogP contribution in [0.2, 0.25) is 0 Å². The van der Waals surface area contributed by atoms with Crippen LogP contribution in [0.15, 0.2) is 30.6 Å². The maximum absolute atomic E-state index is 5.82. The first kappa shape index (κ1) is 14.1. The third kappa shape index (κ3) is 2.95. The average Bonchev–Trinajstić information content (AvgIpc) is 2.95. The summed E-state index contributed by atoms with van der Waals surface area (Å²) in [6.07, 6.45) is 5.08. The van der Waals surface area contributed by atoms with E-state index < -0.39 is 0 Å². The fourth-order valence-corrected chi connectivity index (χ4v) is 2.79. The number of rotatable bonds is 4. The smallest absolute Gasteiger partial charge is 0.126 e. The Morgan fingerprint density at radius 2 is 2.29 bits per heavy atom.